The Morgan fingerprint density at radius 2 is 1.79 bits per heavy atom. The topological polar surface area (TPSA) is 75.3 Å². The molecule has 0 aliphatic rings. The lowest BCUT2D eigenvalue weighted by Crippen LogP contribution is -2.26. The van der Waals surface area contributed by atoms with E-state index in [1.165, 1.54) is 11.6 Å². The van der Waals surface area contributed by atoms with Gasteiger partial charge in [-0.2, -0.15) is 0 Å². The predicted octanol–water partition coefficient (Wildman–Crippen LogP) is 3.11. The number of rotatable bonds is 6. The number of aryl methyl sites for hydroxylation is 1. The molecule has 0 spiro atoms. The van der Waals surface area contributed by atoms with Crippen LogP contribution in [0, 0.1) is 0 Å². The van der Waals surface area contributed by atoms with E-state index in [9.17, 15) is 13.2 Å². The summed E-state index contributed by atoms with van der Waals surface area (Å²) in [6, 6.07) is 14.4. The van der Waals surface area contributed by atoms with E-state index in [-0.39, 0.29) is 11.9 Å². The molecule has 2 aromatic rings. The number of sulfonamides is 1. The van der Waals surface area contributed by atoms with Crippen molar-refractivity contribution in [2.45, 2.75) is 26.3 Å². The summed E-state index contributed by atoms with van der Waals surface area (Å²) in [6.07, 6.45) is 2.04. The lowest BCUT2D eigenvalue weighted by atomic mass is 10.0. The number of carbonyl (C=O) groups is 1. The van der Waals surface area contributed by atoms with Crippen molar-refractivity contribution in [1.29, 1.82) is 0 Å². The molecule has 1 atom stereocenters. The van der Waals surface area contributed by atoms with Gasteiger partial charge >= 0.3 is 0 Å². The van der Waals surface area contributed by atoms with Gasteiger partial charge in [-0.25, -0.2) is 8.42 Å². The third kappa shape index (κ3) is 5.09. The summed E-state index contributed by atoms with van der Waals surface area (Å²) in [7, 11) is -3.37. The third-order valence-corrected chi connectivity index (χ3v) is 4.27. The molecule has 0 bridgehead atoms. The van der Waals surface area contributed by atoms with E-state index >= 15 is 0 Å². The summed E-state index contributed by atoms with van der Waals surface area (Å²) < 4.78 is 24.9. The Bertz CT molecular complexity index is 814. The maximum atomic E-state index is 12.4. The van der Waals surface area contributed by atoms with Gasteiger partial charge in [0.25, 0.3) is 5.91 Å². The maximum absolute atomic E-state index is 12.4. The first-order chi connectivity index (χ1) is 11.3. The highest BCUT2D eigenvalue weighted by Crippen LogP contribution is 2.16. The summed E-state index contributed by atoms with van der Waals surface area (Å²) in [4.78, 5) is 12.4. The molecule has 0 heterocycles. The van der Waals surface area contributed by atoms with Crippen LogP contribution in [-0.2, 0) is 16.4 Å². The van der Waals surface area contributed by atoms with Gasteiger partial charge < -0.3 is 5.32 Å². The number of anilines is 1. The first-order valence-corrected chi connectivity index (χ1v) is 9.65. The van der Waals surface area contributed by atoms with E-state index in [1.807, 2.05) is 19.1 Å². The predicted molar refractivity (Wildman–Crippen MR) is 96.6 cm³/mol. The Hall–Kier alpha value is -2.34. The van der Waals surface area contributed by atoms with Crippen molar-refractivity contribution in [3.8, 4) is 0 Å². The van der Waals surface area contributed by atoms with E-state index in [0.717, 1.165) is 18.2 Å². The van der Waals surface area contributed by atoms with Crippen molar-refractivity contribution in [3.05, 3.63) is 65.2 Å². The highest BCUT2D eigenvalue weighted by Gasteiger charge is 2.12. The zero-order valence-corrected chi connectivity index (χ0v) is 14.9. The molecule has 2 aromatic carbocycles. The van der Waals surface area contributed by atoms with E-state index < -0.39 is 10.0 Å². The van der Waals surface area contributed by atoms with Crippen LogP contribution in [0.5, 0.6) is 0 Å². The fourth-order valence-corrected chi connectivity index (χ4v) is 2.90. The van der Waals surface area contributed by atoms with Crippen molar-refractivity contribution in [2.75, 3.05) is 11.0 Å². The van der Waals surface area contributed by atoms with Gasteiger partial charge in [0.2, 0.25) is 10.0 Å². The minimum absolute atomic E-state index is 0.144. The number of hydrogen-bond donors (Lipinski definition) is 2. The Balaban J connectivity index is 2.09. The Morgan fingerprint density at radius 3 is 2.38 bits per heavy atom. The second-order valence-electron chi connectivity index (χ2n) is 5.75. The molecule has 0 radical (unpaired) electrons. The monoisotopic (exact) mass is 346 g/mol. The summed E-state index contributed by atoms with van der Waals surface area (Å²) >= 11 is 0. The molecule has 0 aromatic heterocycles. The molecule has 0 saturated heterocycles. The van der Waals surface area contributed by atoms with Crippen LogP contribution in [0.1, 0.15) is 41.4 Å². The van der Waals surface area contributed by atoms with Crippen molar-refractivity contribution in [2.24, 2.45) is 0 Å². The van der Waals surface area contributed by atoms with Crippen LogP contribution in [-0.4, -0.2) is 20.6 Å². The molecule has 0 aliphatic carbocycles. The fourth-order valence-electron chi connectivity index (χ4n) is 2.34. The van der Waals surface area contributed by atoms with Crippen LogP contribution in [0.3, 0.4) is 0 Å². The molecule has 6 heteroatoms. The molecule has 0 unspecified atom stereocenters. The average Bonchev–Trinajstić information content (AvgIpc) is 2.53. The van der Waals surface area contributed by atoms with Gasteiger partial charge in [-0.05, 0) is 42.7 Å². The van der Waals surface area contributed by atoms with E-state index in [2.05, 4.69) is 29.1 Å². The van der Waals surface area contributed by atoms with Gasteiger partial charge in [0.1, 0.15) is 0 Å². The smallest absolute Gasteiger partial charge is 0.251 e. The van der Waals surface area contributed by atoms with Crippen molar-refractivity contribution >= 4 is 21.6 Å². The Morgan fingerprint density at radius 1 is 1.12 bits per heavy atom. The molecule has 0 fully saturated rings. The first kappa shape index (κ1) is 18.0. The van der Waals surface area contributed by atoms with Crippen LogP contribution in [0.2, 0.25) is 0 Å². The molecule has 128 valence electrons. The molecule has 0 aliphatic heterocycles. The Labute approximate surface area is 143 Å². The fraction of sp³-hybridized carbons (Fsp3) is 0.278. The first-order valence-electron chi connectivity index (χ1n) is 7.76. The van der Waals surface area contributed by atoms with Crippen LogP contribution in [0.4, 0.5) is 5.69 Å². The average molecular weight is 346 g/mol. The molecule has 2 N–H and O–H groups in total. The van der Waals surface area contributed by atoms with E-state index in [1.54, 1.807) is 18.2 Å². The van der Waals surface area contributed by atoms with Crippen LogP contribution < -0.4 is 10.0 Å². The van der Waals surface area contributed by atoms with Gasteiger partial charge in [-0.3, -0.25) is 9.52 Å². The maximum Gasteiger partial charge on any atom is 0.251 e. The van der Waals surface area contributed by atoms with Crippen molar-refractivity contribution in [1.82, 2.24) is 5.32 Å². The van der Waals surface area contributed by atoms with Crippen LogP contribution in [0.25, 0.3) is 0 Å². The molecule has 5 nitrogen and oxygen atoms in total. The highest BCUT2D eigenvalue weighted by atomic mass is 32.2. The molecular weight excluding hydrogens is 324 g/mol. The van der Waals surface area contributed by atoms with Crippen LogP contribution >= 0.6 is 0 Å². The quantitative estimate of drug-likeness (QED) is 0.844. The van der Waals surface area contributed by atoms with Gasteiger partial charge in [-0.15, -0.1) is 0 Å². The van der Waals surface area contributed by atoms with E-state index in [4.69, 9.17) is 0 Å². The summed E-state index contributed by atoms with van der Waals surface area (Å²) in [5.74, 6) is -0.251. The van der Waals surface area contributed by atoms with Gasteiger partial charge in [0.15, 0.2) is 0 Å². The second-order valence-corrected chi connectivity index (χ2v) is 7.49. The van der Waals surface area contributed by atoms with Gasteiger partial charge in [-0.1, -0.05) is 37.3 Å². The molecule has 0 saturated carbocycles. The zero-order chi connectivity index (χ0) is 17.7. The van der Waals surface area contributed by atoms with Crippen molar-refractivity contribution in [3.63, 3.8) is 0 Å². The zero-order valence-electron chi connectivity index (χ0n) is 14.0. The number of benzene rings is 2. The number of hydrogen-bond acceptors (Lipinski definition) is 3. The standard InChI is InChI=1S/C18H22N2O3S/c1-4-14-8-10-15(11-9-14)13(2)19-18(21)16-6-5-7-17(12-16)20-24(3,22)23/h5-13,20H,4H2,1-3H3,(H,19,21)/t13-/m0/s1. The summed E-state index contributed by atoms with van der Waals surface area (Å²) in [5.41, 5.74) is 3.04. The molecular formula is C18H22N2O3S. The number of nitrogens with one attached hydrogen (secondary N) is 2. The summed E-state index contributed by atoms with van der Waals surface area (Å²) in [5, 5.41) is 2.92. The number of carbonyl (C=O) groups excluding carboxylic acids is 1. The normalized spacial score (nSPS) is 12.5. The Kier molecular flexibility index (Phi) is 5.62. The molecule has 2 rings (SSSR count). The van der Waals surface area contributed by atoms with Crippen LogP contribution in [0.15, 0.2) is 48.5 Å². The van der Waals surface area contributed by atoms with Gasteiger partial charge in [0.05, 0.1) is 12.3 Å². The summed E-state index contributed by atoms with van der Waals surface area (Å²) in [6.45, 7) is 4.01. The van der Waals surface area contributed by atoms with E-state index in [0.29, 0.717) is 11.3 Å². The third-order valence-electron chi connectivity index (χ3n) is 3.66. The molecule has 24 heavy (non-hydrogen) atoms. The minimum Gasteiger partial charge on any atom is -0.346 e. The second kappa shape index (κ2) is 7.49. The molecule has 1 amide bonds. The van der Waals surface area contributed by atoms with Crippen molar-refractivity contribution < 1.29 is 13.2 Å². The lowest BCUT2D eigenvalue weighted by molar-refractivity contribution is 0.0940. The SMILES string of the molecule is CCc1ccc([C@H](C)NC(=O)c2cccc(NS(C)(=O)=O)c2)cc1. The number of amides is 1. The largest absolute Gasteiger partial charge is 0.346 e. The van der Waals surface area contributed by atoms with Gasteiger partial charge in [0, 0.05) is 11.3 Å². The minimum atomic E-state index is -3.37. The highest BCUT2D eigenvalue weighted by molar-refractivity contribution is 7.92. The lowest BCUT2D eigenvalue weighted by Gasteiger charge is -2.15.